The van der Waals surface area contributed by atoms with Gasteiger partial charge in [-0.1, -0.05) is 26.0 Å². The summed E-state index contributed by atoms with van der Waals surface area (Å²) in [6.45, 7) is 7.67. The van der Waals surface area contributed by atoms with Gasteiger partial charge in [0.1, 0.15) is 30.9 Å². The molecule has 1 aromatic rings. The maximum atomic E-state index is 13.4. The number of nitrogens with one attached hydrogen (secondary N) is 1. The van der Waals surface area contributed by atoms with Crippen molar-refractivity contribution in [2.75, 3.05) is 46.5 Å². The molecule has 3 fully saturated rings. The van der Waals surface area contributed by atoms with Crippen molar-refractivity contribution in [1.82, 2.24) is 15.1 Å². The van der Waals surface area contributed by atoms with Gasteiger partial charge < -0.3 is 29.7 Å². The molecule has 9 heteroatoms. The summed E-state index contributed by atoms with van der Waals surface area (Å²) in [6.07, 6.45) is 0.999. The highest BCUT2D eigenvalue weighted by Gasteiger charge is 2.52. The number of Topliss-reactive ketones (excluding diaryl/α,β-unsaturated/α-hetero) is 1. The Morgan fingerprint density at radius 3 is 2.53 bits per heavy atom. The Hall–Kier alpha value is -2.33. The third-order valence-electron chi connectivity index (χ3n) is 7.59. The number of nitrogens with zero attached hydrogens (tertiary/aromatic N) is 2. The molecule has 0 spiro atoms. The molecule has 0 bridgehead atoms. The minimum absolute atomic E-state index is 0.0311. The van der Waals surface area contributed by atoms with Gasteiger partial charge in [-0.3, -0.25) is 14.4 Å². The normalized spacial score (nSPS) is 25.9. The molecule has 0 aliphatic carbocycles. The van der Waals surface area contributed by atoms with Gasteiger partial charge in [0.25, 0.3) is 5.91 Å². The second-order valence-electron chi connectivity index (χ2n) is 10.6. The van der Waals surface area contributed by atoms with Crippen molar-refractivity contribution in [3.8, 4) is 0 Å². The van der Waals surface area contributed by atoms with Crippen LogP contribution in [0.2, 0.25) is 0 Å². The summed E-state index contributed by atoms with van der Waals surface area (Å²) in [4.78, 5) is 42.6. The summed E-state index contributed by atoms with van der Waals surface area (Å²) in [5.41, 5.74) is 1.72. The quantitative estimate of drug-likeness (QED) is 0.523. The van der Waals surface area contributed by atoms with Gasteiger partial charge in [0.05, 0.1) is 13.2 Å². The van der Waals surface area contributed by atoms with Crippen molar-refractivity contribution in [3.63, 3.8) is 0 Å². The van der Waals surface area contributed by atoms with E-state index in [1.165, 1.54) is 10.5 Å². The van der Waals surface area contributed by atoms with E-state index in [1.54, 1.807) is 7.11 Å². The second kappa shape index (κ2) is 11.8. The molecule has 2 N–H and O–H groups in total. The smallest absolute Gasteiger partial charge is 0.251 e. The number of ether oxygens (including phenoxy) is 2. The molecule has 198 valence electrons. The number of carbonyl (C=O) groups excluding carboxylic acids is 3. The van der Waals surface area contributed by atoms with E-state index in [0.29, 0.717) is 17.9 Å². The highest BCUT2D eigenvalue weighted by molar-refractivity contribution is 5.99. The molecule has 9 nitrogen and oxygen atoms in total. The fourth-order valence-electron chi connectivity index (χ4n) is 5.61. The van der Waals surface area contributed by atoms with Gasteiger partial charge in [0, 0.05) is 19.2 Å². The van der Waals surface area contributed by atoms with Crippen LogP contribution in [0.15, 0.2) is 24.3 Å². The van der Waals surface area contributed by atoms with E-state index in [-0.39, 0.29) is 36.7 Å². The van der Waals surface area contributed by atoms with Gasteiger partial charge in [0.2, 0.25) is 5.91 Å². The van der Waals surface area contributed by atoms with E-state index in [2.05, 4.69) is 10.2 Å². The maximum absolute atomic E-state index is 13.4. The van der Waals surface area contributed by atoms with E-state index in [1.807, 2.05) is 38.1 Å². The van der Waals surface area contributed by atoms with Crippen LogP contribution in [0.3, 0.4) is 0 Å². The van der Waals surface area contributed by atoms with Crippen molar-refractivity contribution in [2.24, 2.45) is 5.92 Å². The molecule has 0 saturated carbocycles. The molecule has 4 rings (SSSR count). The lowest BCUT2D eigenvalue weighted by Crippen LogP contribution is -2.52. The number of hydrogen-bond acceptors (Lipinski definition) is 7. The lowest BCUT2D eigenvalue weighted by molar-refractivity contribution is -0.138. The Morgan fingerprint density at radius 2 is 1.89 bits per heavy atom. The number of rotatable bonds is 9. The largest absolute Gasteiger partial charge is 0.388 e. The van der Waals surface area contributed by atoms with Crippen molar-refractivity contribution in [1.29, 1.82) is 0 Å². The van der Waals surface area contributed by atoms with Crippen molar-refractivity contribution in [2.45, 2.75) is 63.3 Å². The molecule has 3 aliphatic heterocycles. The Kier molecular flexibility index (Phi) is 8.77. The number of likely N-dealkylation sites (tertiary alicyclic amines) is 2. The number of piperidine rings is 1. The van der Waals surface area contributed by atoms with Crippen LogP contribution in [0.1, 0.15) is 54.9 Å². The summed E-state index contributed by atoms with van der Waals surface area (Å²) < 4.78 is 10.6. The molecule has 0 radical (unpaired) electrons. The van der Waals surface area contributed by atoms with Crippen molar-refractivity contribution < 1.29 is 29.0 Å². The van der Waals surface area contributed by atoms with E-state index < -0.39 is 24.3 Å². The Balaban J connectivity index is 1.38. The molecule has 3 saturated heterocycles. The molecular formula is C27H39N3O6. The van der Waals surface area contributed by atoms with Gasteiger partial charge >= 0.3 is 0 Å². The predicted octanol–water partition coefficient (Wildman–Crippen LogP) is 1.20. The summed E-state index contributed by atoms with van der Waals surface area (Å²) in [5.74, 6) is -0.258. The van der Waals surface area contributed by atoms with Gasteiger partial charge in [-0.25, -0.2) is 0 Å². The first kappa shape index (κ1) is 26.7. The molecule has 3 heterocycles. The number of benzene rings is 1. The number of methoxy groups -OCH3 is 1. The topological polar surface area (TPSA) is 108 Å². The standard InChI is InChI=1S/C27H39N3O6/c1-17(2)14-21(27(34)30-15-22(31)25-24(30)23(32)16-36-25)28-26(33)20-6-4-18(5-7-20)19-8-10-29(11-9-19)12-13-35-3/h4-7,17,19,21-22,24-25,31H,8-16H2,1-3H3,(H,28,33)/t21-,22+,24+,25+/m0/s1. The minimum Gasteiger partial charge on any atom is -0.388 e. The number of fused-ring (bicyclic) bond motifs is 1. The van der Waals surface area contributed by atoms with Crippen LogP contribution in [0.25, 0.3) is 0 Å². The lowest BCUT2D eigenvalue weighted by atomic mass is 9.89. The predicted molar refractivity (Wildman–Crippen MR) is 134 cm³/mol. The first-order chi connectivity index (χ1) is 17.3. The number of aliphatic hydroxyl groups is 1. The number of hydrogen-bond donors (Lipinski definition) is 2. The van der Waals surface area contributed by atoms with E-state index in [4.69, 9.17) is 9.47 Å². The second-order valence-corrected chi connectivity index (χ2v) is 10.6. The van der Waals surface area contributed by atoms with Crippen LogP contribution >= 0.6 is 0 Å². The van der Waals surface area contributed by atoms with Gasteiger partial charge in [-0.05, 0) is 61.9 Å². The van der Waals surface area contributed by atoms with E-state index in [9.17, 15) is 19.5 Å². The molecule has 2 amide bonds. The van der Waals surface area contributed by atoms with Gasteiger partial charge in [-0.2, -0.15) is 0 Å². The number of amides is 2. The first-order valence-electron chi connectivity index (χ1n) is 13.0. The average molecular weight is 502 g/mol. The molecule has 0 unspecified atom stereocenters. The maximum Gasteiger partial charge on any atom is 0.251 e. The highest BCUT2D eigenvalue weighted by Crippen LogP contribution is 2.30. The Morgan fingerprint density at radius 1 is 1.19 bits per heavy atom. The number of aliphatic hydroxyl groups excluding tert-OH is 1. The zero-order valence-corrected chi connectivity index (χ0v) is 21.5. The molecule has 1 aromatic carbocycles. The minimum atomic E-state index is -0.903. The van der Waals surface area contributed by atoms with Gasteiger partial charge in [-0.15, -0.1) is 0 Å². The van der Waals surface area contributed by atoms with Crippen LogP contribution in [0.4, 0.5) is 0 Å². The summed E-state index contributed by atoms with van der Waals surface area (Å²) in [5, 5.41) is 13.2. The van der Waals surface area contributed by atoms with E-state index in [0.717, 1.165) is 39.1 Å². The van der Waals surface area contributed by atoms with Crippen molar-refractivity contribution >= 4 is 17.6 Å². The number of carbonyl (C=O) groups is 3. The zero-order chi connectivity index (χ0) is 25.8. The molecule has 36 heavy (non-hydrogen) atoms. The molecule has 0 aromatic heterocycles. The fourth-order valence-corrected chi connectivity index (χ4v) is 5.61. The van der Waals surface area contributed by atoms with Crippen LogP contribution in [-0.2, 0) is 19.1 Å². The Labute approximate surface area is 213 Å². The number of ketones is 1. The zero-order valence-electron chi connectivity index (χ0n) is 21.5. The third-order valence-corrected chi connectivity index (χ3v) is 7.59. The third kappa shape index (κ3) is 5.96. The molecule has 3 aliphatic rings. The van der Waals surface area contributed by atoms with Gasteiger partial charge in [0.15, 0.2) is 5.78 Å². The highest BCUT2D eigenvalue weighted by atomic mass is 16.5. The lowest BCUT2D eigenvalue weighted by Gasteiger charge is -2.32. The Bertz CT molecular complexity index is 928. The average Bonchev–Trinajstić information content (AvgIpc) is 3.42. The summed E-state index contributed by atoms with van der Waals surface area (Å²) >= 11 is 0. The summed E-state index contributed by atoms with van der Waals surface area (Å²) in [7, 11) is 1.73. The SMILES string of the molecule is COCCN1CCC(c2ccc(C(=O)N[C@@H](CC(C)C)C(=O)N3C[C@@H](O)[C@H]4OCC(=O)[C@H]43)cc2)CC1. The van der Waals surface area contributed by atoms with Crippen LogP contribution < -0.4 is 5.32 Å². The van der Waals surface area contributed by atoms with Crippen LogP contribution in [-0.4, -0.2) is 103 Å². The van der Waals surface area contributed by atoms with Crippen LogP contribution in [0, 0.1) is 5.92 Å². The summed E-state index contributed by atoms with van der Waals surface area (Å²) in [6, 6.07) is 6.11. The molecule has 4 atom stereocenters. The number of β-amino-alcohol motifs (C(OH)–C–C–N with tert-alkyl or cyclic N) is 1. The molecular weight excluding hydrogens is 462 g/mol. The fraction of sp³-hybridized carbons (Fsp3) is 0.667. The van der Waals surface area contributed by atoms with Crippen LogP contribution in [0.5, 0.6) is 0 Å². The van der Waals surface area contributed by atoms with E-state index >= 15 is 0 Å². The van der Waals surface area contributed by atoms with Crippen molar-refractivity contribution in [3.05, 3.63) is 35.4 Å². The first-order valence-corrected chi connectivity index (χ1v) is 13.0. The monoisotopic (exact) mass is 501 g/mol.